The maximum atomic E-state index is 5.59. The first-order valence-electron chi connectivity index (χ1n) is 5.15. The van der Waals surface area contributed by atoms with E-state index in [2.05, 4.69) is 11.2 Å². The Morgan fingerprint density at radius 1 is 1.40 bits per heavy atom. The Morgan fingerprint density at radius 3 is 2.93 bits per heavy atom. The van der Waals surface area contributed by atoms with Crippen LogP contribution in [0.4, 0.5) is 0 Å². The monoisotopic (exact) mass is 221 g/mol. The molecule has 0 fully saturated rings. The molecule has 0 radical (unpaired) electrons. The van der Waals surface area contributed by atoms with Gasteiger partial charge in [-0.25, -0.2) is 4.99 Å². The first-order chi connectivity index (χ1) is 7.40. The molecule has 1 heterocycles. The van der Waals surface area contributed by atoms with Crippen LogP contribution in [0.3, 0.4) is 0 Å². The zero-order valence-corrected chi connectivity index (χ0v) is 9.67. The molecular formula is C12H15NOS. The number of hydrogen-bond donors (Lipinski definition) is 0. The van der Waals surface area contributed by atoms with E-state index in [0.717, 1.165) is 30.2 Å². The highest BCUT2D eigenvalue weighted by Gasteiger charge is 2.18. The van der Waals surface area contributed by atoms with E-state index in [0.29, 0.717) is 6.04 Å². The zero-order valence-electron chi connectivity index (χ0n) is 8.85. The summed E-state index contributed by atoms with van der Waals surface area (Å²) in [6.07, 6.45) is 3.23. The van der Waals surface area contributed by atoms with Crippen molar-refractivity contribution >= 4 is 17.7 Å². The lowest BCUT2D eigenvalue weighted by Gasteiger charge is -2.01. The van der Waals surface area contributed by atoms with Gasteiger partial charge in [0, 0.05) is 5.56 Å². The molecule has 0 bridgehead atoms. The van der Waals surface area contributed by atoms with Crippen molar-refractivity contribution in [1.29, 1.82) is 0 Å². The average Bonchev–Trinajstić information content (AvgIpc) is 2.76. The highest BCUT2D eigenvalue weighted by atomic mass is 32.2. The number of benzene rings is 1. The summed E-state index contributed by atoms with van der Waals surface area (Å²) in [4.78, 5) is 4.58. The van der Waals surface area contributed by atoms with E-state index in [4.69, 9.17) is 4.74 Å². The Kier molecular flexibility index (Phi) is 3.67. The van der Waals surface area contributed by atoms with Crippen LogP contribution >= 0.6 is 11.8 Å². The van der Waals surface area contributed by atoms with Gasteiger partial charge in [-0.3, -0.25) is 0 Å². The van der Waals surface area contributed by atoms with E-state index < -0.39 is 0 Å². The van der Waals surface area contributed by atoms with Crippen LogP contribution in [-0.2, 0) is 4.74 Å². The number of rotatable bonds is 4. The van der Waals surface area contributed by atoms with Crippen molar-refractivity contribution in [3.05, 3.63) is 35.9 Å². The first kappa shape index (κ1) is 10.6. The molecule has 1 atom stereocenters. The smallest absolute Gasteiger partial charge is 0.216 e. The third kappa shape index (κ3) is 2.75. The minimum Gasteiger partial charge on any atom is -0.475 e. The molecule has 2 rings (SSSR count). The van der Waals surface area contributed by atoms with Gasteiger partial charge in [-0.1, -0.05) is 18.2 Å². The Hall–Kier alpha value is -0.960. The molecule has 15 heavy (non-hydrogen) atoms. The summed E-state index contributed by atoms with van der Waals surface area (Å²) < 4.78 is 5.59. The molecule has 80 valence electrons. The third-order valence-corrected chi connectivity index (χ3v) is 3.03. The summed E-state index contributed by atoms with van der Waals surface area (Å²) in [5.41, 5.74) is 1.09. The average molecular weight is 221 g/mol. The van der Waals surface area contributed by atoms with Gasteiger partial charge in [0.15, 0.2) is 0 Å². The minimum atomic E-state index is 0.354. The summed E-state index contributed by atoms with van der Waals surface area (Å²) in [5, 5.41) is 0. The fraction of sp³-hybridized carbons (Fsp3) is 0.417. The first-order valence-corrected chi connectivity index (χ1v) is 6.54. The summed E-state index contributed by atoms with van der Waals surface area (Å²) in [6, 6.07) is 10.5. The van der Waals surface area contributed by atoms with E-state index in [9.17, 15) is 0 Å². The van der Waals surface area contributed by atoms with Crippen LogP contribution in [0.15, 0.2) is 35.3 Å². The number of nitrogens with zero attached hydrogens (tertiary/aromatic N) is 1. The molecule has 0 amide bonds. The SMILES string of the molecule is CSCC[C@H]1COC(c2ccccc2)=N1. The molecule has 1 aromatic rings. The third-order valence-electron chi connectivity index (χ3n) is 2.39. The Labute approximate surface area is 94.7 Å². The van der Waals surface area contributed by atoms with Crippen LogP contribution in [-0.4, -0.2) is 30.6 Å². The fourth-order valence-electron chi connectivity index (χ4n) is 1.56. The molecular weight excluding hydrogens is 206 g/mol. The fourth-order valence-corrected chi connectivity index (χ4v) is 2.06. The lowest BCUT2D eigenvalue weighted by molar-refractivity contribution is 0.315. The maximum Gasteiger partial charge on any atom is 0.216 e. The second-order valence-electron chi connectivity index (χ2n) is 3.55. The maximum absolute atomic E-state index is 5.59. The number of hydrogen-bond acceptors (Lipinski definition) is 3. The van der Waals surface area contributed by atoms with Crippen LogP contribution in [0.1, 0.15) is 12.0 Å². The van der Waals surface area contributed by atoms with Crippen molar-refractivity contribution in [2.24, 2.45) is 4.99 Å². The molecule has 0 aromatic heterocycles. The van der Waals surface area contributed by atoms with Crippen molar-refractivity contribution < 1.29 is 4.74 Å². The summed E-state index contributed by atoms with van der Waals surface area (Å²) in [5.74, 6) is 1.96. The predicted octanol–water partition coefficient (Wildman–Crippen LogP) is 2.59. The second-order valence-corrected chi connectivity index (χ2v) is 4.53. The minimum absolute atomic E-state index is 0.354. The van der Waals surface area contributed by atoms with Gasteiger partial charge in [0.1, 0.15) is 6.61 Å². The van der Waals surface area contributed by atoms with Gasteiger partial charge in [-0.05, 0) is 30.6 Å². The Balaban J connectivity index is 2.00. The molecule has 2 nitrogen and oxygen atoms in total. The molecule has 0 aliphatic carbocycles. The largest absolute Gasteiger partial charge is 0.475 e. The molecule has 0 N–H and O–H groups in total. The highest BCUT2D eigenvalue weighted by Crippen LogP contribution is 2.15. The molecule has 1 aliphatic heterocycles. The summed E-state index contributed by atoms with van der Waals surface area (Å²) >= 11 is 1.86. The van der Waals surface area contributed by atoms with Gasteiger partial charge >= 0.3 is 0 Å². The molecule has 0 unspecified atom stereocenters. The van der Waals surface area contributed by atoms with Gasteiger partial charge < -0.3 is 4.74 Å². The van der Waals surface area contributed by atoms with E-state index >= 15 is 0 Å². The lowest BCUT2D eigenvalue weighted by atomic mass is 10.2. The van der Waals surface area contributed by atoms with Crippen LogP contribution in [0.5, 0.6) is 0 Å². The van der Waals surface area contributed by atoms with Gasteiger partial charge in [0.05, 0.1) is 6.04 Å². The zero-order chi connectivity index (χ0) is 10.5. The number of thioether (sulfide) groups is 1. The van der Waals surface area contributed by atoms with E-state index in [1.54, 1.807) is 0 Å². The van der Waals surface area contributed by atoms with E-state index in [1.165, 1.54) is 0 Å². The van der Waals surface area contributed by atoms with Crippen LogP contribution in [0.25, 0.3) is 0 Å². The molecule has 1 aromatic carbocycles. The number of ether oxygens (including phenoxy) is 1. The second kappa shape index (κ2) is 5.21. The molecule has 0 saturated carbocycles. The summed E-state index contributed by atoms with van der Waals surface area (Å²) in [6.45, 7) is 0.741. The highest BCUT2D eigenvalue weighted by molar-refractivity contribution is 7.98. The molecule has 1 aliphatic rings. The standard InChI is InChI=1S/C12H15NOS/c1-15-8-7-11-9-14-12(13-11)10-5-3-2-4-6-10/h2-6,11H,7-9H2,1H3/t11-/m0/s1. The summed E-state index contributed by atoms with van der Waals surface area (Å²) in [7, 11) is 0. The van der Waals surface area contributed by atoms with Crippen LogP contribution in [0.2, 0.25) is 0 Å². The van der Waals surface area contributed by atoms with Crippen LogP contribution < -0.4 is 0 Å². The van der Waals surface area contributed by atoms with Crippen molar-refractivity contribution in [1.82, 2.24) is 0 Å². The van der Waals surface area contributed by atoms with Crippen LogP contribution in [0, 0.1) is 0 Å². The predicted molar refractivity (Wildman–Crippen MR) is 65.7 cm³/mol. The van der Waals surface area contributed by atoms with E-state index in [-0.39, 0.29) is 0 Å². The lowest BCUT2D eigenvalue weighted by Crippen LogP contribution is -2.07. The van der Waals surface area contributed by atoms with Crippen molar-refractivity contribution in [3.8, 4) is 0 Å². The Morgan fingerprint density at radius 2 is 2.20 bits per heavy atom. The van der Waals surface area contributed by atoms with Gasteiger partial charge in [-0.2, -0.15) is 11.8 Å². The van der Waals surface area contributed by atoms with Gasteiger partial charge in [0.2, 0.25) is 5.90 Å². The molecule has 3 heteroatoms. The number of aliphatic imine (C=N–C) groups is 1. The van der Waals surface area contributed by atoms with Crippen molar-refractivity contribution in [2.75, 3.05) is 18.6 Å². The van der Waals surface area contributed by atoms with Gasteiger partial charge in [-0.15, -0.1) is 0 Å². The van der Waals surface area contributed by atoms with E-state index in [1.807, 2.05) is 42.1 Å². The topological polar surface area (TPSA) is 21.6 Å². The quantitative estimate of drug-likeness (QED) is 0.779. The normalized spacial score (nSPS) is 19.8. The molecule has 0 spiro atoms. The van der Waals surface area contributed by atoms with Gasteiger partial charge in [0.25, 0.3) is 0 Å². The Bertz CT molecular complexity index is 337. The van der Waals surface area contributed by atoms with Crippen molar-refractivity contribution in [3.63, 3.8) is 0 Å². The molecule has 0 saturated heterocycles. The van der Waals surface area contributed by atoms with Crippen molar-refractivity contribution in [2.45, 2.75) is 12.5 Å².